The average Bonchev–Trinajstić information content (AvgIpc) is 2.00. The van der Waals surface area contributed by atoms with Crippen LogP contribution in [-0.4, -0.2) is 17.1 Å². The highest BCUT2D eigenvalue weighted by molar-refractivity contribution is 5.66. The Hall–Kier alpha value is -0.570. The molecule has 0 aliphatic heterocycles. The van der Waals surface area contributed by atoms with Crippen molar-refractivity contribution in [2.24, 2.45) is 11.7 Å². The smallest absolute Gasteiger partial charge is 0.303 e. The normalized spacial score (nSPS) is 15.6. The van der Waals surface area contributed by atoms with Gasteiger partial charge < -0.3 is 10.8 Å². The summed E-state index contributed by atoms with van der Waals surface area (Å²) in [6, 6.07) is 0.0519. The van der Waals surface area contributed by atoms with Gasteiger partial charge in [0.05, 0.1) is 0 Å². The summed E-state index contributed by atoms with van der Waals surface area (Å²) in [6.07, 6.45) is 2.84. The highest BCUT2D eigenvalue weighted by Crippen LogP contribution is 2.11. The molecule has 2 atom stereocenters. The number of aliphatic carboxylic acids is 1. The van der Waals surface area contributed by atoms with Gasteiger partial charge >= 0.3 is 5.97 Å². The summed E-state index contributed by atoms with van der Waals surface area (Å²) in [5.41, 5.74) is 5.74. The van der Waals surface area contributed by atoms with E-state index < -0.39 is 5.97 Å². The first-order valence-corrected chi connectivity index (χ1v) is 4.53. The van der Waals surface area contributed by atoms with E-state index >= 15 is 0 Å². The molecular weight excluding hydrogens is 154 g/mol. The van der Waals surface area contributed by atoms with Crippen LogP contribution in [0.3, 0.4) is 0 Å². The van der Waals surface area contributed by atoms with E-state index in [1.807, 2.05) is 0 Å². The van der Waals surface area contributed by atoms with Gasteiger partial charge in [0.25, 0.3) is 0 Å². The molecule has 0 aliphatic carbocycles. The zero-order valence-electron chi connectivity index (χ0n) is 7.92. The third kappa shape index (κ3) is 6.16. The Morgan fingerprint density at radius 1 is 1.58 bits per heavy atom. The molecule has 0 radical (unpaired) electrons. The molecular formula is C9H19NO2. The van der Waals surface area contributed by atoms with Crippen molar-refractivity contribution in [1.29, 1.82) is 0 Å². The lowest BCUT2D eigenvalue weighted by molar-refractivity contribution is -0.137. The summed E-state index contributed by atoms with van der Waals surface area (Å²) in [4.78, 5) is 10.2. The van der Waals surface area contributed by atoms with Crippen molar-refractivity contribution >= 4 is 5.97 Å². The van der Waals surface area contributed by atoms with E-state index in [-0.39, 0.29) is 12.5 Å². The lowest BCUT2D eigenvalue weighted by Gasteiger charge is -2.14. The Morgan fingerprint density at radius 3 is 2.58 bits per heavy atom. The molecule has 0 saturated heterocycles. The van der Waals surface area contributed by atoms with Crippen molar-refractivity contribution in [3.05, 3.63) is 0 Å². The van der Waals surface area contributed by atoms with E-state index in [0.29, 0.717) is 12.3 Å². The van der Waals surface area contributed by atoms with Gasteiger partial charge in [-0.1, -0.05) is 20.3 Å². The predicted molar refractivity (Wildman–Crippen MR) is 48.9 cm³/mol. The van der Waals surface area contributed by atoms with Crippen LogP contribution in [0.5, 0.6) is 0 Å². The Bertz CT molecular complexity index is 136. The number of carboxylic acid groups (broad SMARTS) is 1. The second kappa shape index (κ2) is 6.00. The maximum absolute atomic E-state index is 10.2. The van der Waals surface area contributed by atoms with Crippen molar-refractivity contribution in [2.45, 2.75) is 45.6 Å². The SMILES string of the molecule is CC[C@H](C)C[C@@H](N)CCC(=O)O. The van der Waals surface area contributed by atoms with Crippen molar-refractivity contribution in [2.75, 3.05) is 0 Å². The summed E-state index contributed by atoms with van der Waals surface area (Å²) >= 11 is 0. The molecule has 3 N–H and O–H groups in total. The van der Waals surface area contributed by atoms with E-state index in [9.17, 15) is 4.79 Å². The number of carboxylic acids is 1. The third-order valence-electron chi connectivity index (χ3n) is 2.13. The second-order valence-electron chi connectivity index (χ2n) is 3.44. The quantitative estimate of drug-likeness (QED) is 0.641. The van der Waals surface area contributed by atoms with Crippen LogP contribution in [0.1, 0.15) is 39.5 Å². The van der Waals surface area contributed by atoms with Crippen molar-refractivity contribution in [3.8, 4) is 0 Å². The molecule has 0 amide bonds. The van der Waals surface area contributed by atoms with Crippen LogP contribution in [-0.2, 0) is 4.79 Å². The lowest BCUT2D eigenvalue weighted by atomic mass is 9.97. The maximum Gasteiger partial charge on any atom is 0.303 e. The molecule has 0 aromatic rings. The van der Waals surface area contributed by atoms with E-state index in [0.717, 1.165) is 12.8 Å². The first kappa shape index (κ1) is 11.4. The number of nitrogens with two attached hydrogens (primary N) is 1. The molecule has 0 unspecified atom stereocenters. The van der Waals surface area contributed by atoms with Crippen molar-refractivity contribution in [3.63, 3.8) is 0 Å². The fourth-order valence-electron chi connectivity index (χ4n) is 1.11. The minimum absolute atomic E-state index is 0.0519. The fourth-order valence-corrected chi connectivity index (χ4v) is 1.11. The molecule has 0 saturated carbocycles. The summed E-state index contributed by atoms with van der Waals surface area (Å²) in [5.74, 6) is -0.150. The van der Waals surface area contributed by atoms with Gasteiger partial charge in [-0.2, -0.15) is 0 Å². The minimum atomic E-state index is -0.755. The Kier molecular flexibility index (Phi) is 5.72. The van der Waals surface area contributed by atoms with Gasteiger partial charge in [-0.15, -0.1) is 0 Å². The molecule has 0 aromatic carbocycles. The topological polar surface area (TPSA) is 63.3 Å². The fraction of sp³-hybridized carbons (Fsp3) is 0.889. The molecule has 3 heteroatoms. The van der Waals surface area contributed by atoms with Gasteiger partial charge in [0.15, 0.2) is 0 Å². The molecule has 72 valence electrons. The molecule has 0 bridgehead atoms. The van der Waals surface area contributed by atoms with Gasteiger partial charge in [0.2, 0.25) is 0 Å². The highest BCUT2D eigenvalue weighted by Gasteiger charge is 2.08. The van der Waals surface area contributed by atoms with E-state index in [1.54, 1.807) is 0 Å². The summed E-state index contributed by atoms with van der Waals surface area (Å²) in [5, 5.41) is 8.40. The van der Waals surface area contributed by atoms with Gasteiger partial charge in [0, 0.05) is 12.5 Å². The standard InChI is InChI=1S/C9H19NO2/c1-3-7(2)6-8(10)4-5-9(11)12/h7-8H,3-6,10H2,1-2H3,(H,11,12)/t7-,8-/m0/s1. The largest absolute Gasteiger partial charge is 0.481 e. The molecule has 3 nitrogen and oxygen atoms in total. The molecule has 0 rings (SSSR count). The van der Waals surface area contributed by atoms with Crippen molar-refractivity contribution in [1.82, 2.24) is 0 Å². The van der Waals surface area contributed by atoms with Gasteiger partial charge in [-0.05, 0) is 18.8 Å². The molecule has 0 aliphatic rings. The Labute approximate surface area is 74.0 Å². The maximum atomic E-state index is 10.2. The average molecular weight is 173 g/mol. The van der Waals surface area contributed by atoms with Crippen LogP contribution in [0.2, 0.25) is 0 Å². The lowest BCUT2D eigenvalue weighted by Crippen LogP contribution is -2.23. The molecule has 12 heavy (non-hydrogen) atoms. The second-order valence-corrected chi connectivity index (χ2v) is 3.44. The van der Waals surface area contributed by atoms with Crippen LogP contribution in [0.25, 0.3) is 0 Å². The highest BCUT2D eigenvalue weighted by atomic mass is 16.4. The number of hydrogen-bond acceptors (Lipinski definition) is 2. The monoisotopic (exact) mass is 173 g/mol. The molecule has 0 heterocycles. The van der Waals surface area contributed by atoms with Crippen LogP contribution in [0, 0.1) is 5.92 Å². The predicted octanol–water partition coefficient (Wildman–Crippen LogP) is 1.61. The summed E-state index contributed by atoms with van der Waals surface area (Å²) < 4.78 is 0. The molecule has 0 aromatic heterocycles. The van der Waals surface area contributed by atoms with E-state index in [4.69, 9.17) is 10.8 Å². The van der Waals surface area contributed by atoms with E-state index in [1.165, 1.54) is 0 Å². The van der Waals surface area contributed by atoms with Gasteiger partial charge in [-0.25, -0.2) is 0 Å². The Balaban J connectivity index is 3.45. The van der Waals surface area contributed by atoms with Crippen molar-refractivity contribution < 1.29 is 9.90 Å². The van der Waals surface area contributed by atoms with E-state index in [2.05, 4.69) is 13.8 Å². The number of hydrogen-bond donors (Lipinski definition) is 2. The van der Waals surface area contributed by atoms with Crippen LogP contribution in [0.4, 0.5) is 0 Å². The van der Waals surface area contributed by atoms with Gasteiger partial charge in [-0.3, -0.25) is 4.79 Å². The first-order valence-electron chi connectivity index (χ1n) is 4.53. The minimum Gasteiger partial charge on any atom is -0.481 e. The van der Waals surface area contributed by atoms with Crippen LogP contribution in [0.15, 0.2) is 0 Å². The zero-order chi connectivity index (χ0) is 9.56. The Morgan fingerprint density at radius 2 is 2.17 bits per heavy atom. The molecule has 0 fully saturated rings. The summed E-state index contributed by atoms with van der Waals surface area (Å²) in [7, 11) is 0. The number of carbonyl (C=O) groups is 1. The van der Waals surface area contributed by atoms with Crippen LogP contribution < -0.4 is 5.73 Å². The first-order chi connectivity index (χ1) is 5.56. The van der Waals surface area contributed by atoms with Crippen LogP contribution >= 0.6 is 0 Å². The zero-order valence-corrected chi connectivity index (χ0v) is 7.92. The third-order valence-corrected chi connectivity index (χ3v) is 2.13. The van der Waals surface area contributed by atoms with Gasteiger partial charge in [0.1, 0.15) is 0 Å². The molecule has 0 spiro atoms. The number of rotatable bonds is 6. The summed E-state index contributed by atoms with van der Waals surface area (Å²) in [6.45, 7) is 4.26.